The molecule has 2 heterocycles. The van der Waals surface area contributed by atoms with Crippen LogP contribution in [0.15, 0.2) is 212 Å². The average Bonchev–Trinajstić information content (AvgIpc) is 3.64. The van der Waals surface area contributed by atoms with Gasteiger partial charge in [-0.15, -0.1) is 0 Å². The summed E-state index contributed by atoms with van der Waals surface area (Å²) >= 11 is 18.5. The van der Waals surface area contributed by atoms with E-state index in [1.807, 2.05) is 0 Å². The molecule has 85 heavy (non-hydrogen) atoms. The SMILES string of the molecule is N=C(OC1O[C@H](CO[C@@H]2O[C@H](COC(=O)c3ccccc3)[C@@H](OC(=O)c3ccccc3)[C@H](OC(=O)c3ccccc3)[C@H]2OC(=O)c2ccccc2)[C@@H](OC(=O)c2ccccc2)[C@H](OC(=O)c2ccccc2)[C@H]1OC(=O)c1ccccc1)C(Cl)(Cl)Cl. The second kappa shape index (κ2) is 28.6. The summed E-state index contributed by atoms with van der Waals surface area (Å²) in [5.74, 6) is -8.04. The van der Waals surface area contributed by atoms with E-state index in [9.17, 15) is 33.6 Å². The van der Waals surface area contributed by atoms with Gasteiger partial charge in [0, 0.05) is 0 Å². The van der Waals surface area contributed by atoms with Crippen LogP contribution in [0.3, 0.4) is 0 Å². The monoisotopic (exact) mass is 1210 g/mol. The topological polar surface area (TPSA) is 245 Å². The molecule has 22 heteroatoms. The molecule has 0 radical (unpaired) electrons. The fourth-order valence-corrected chi connectivity index (χ4v) is 8.97. The number of hydrogen-bond donors (Lipinski definition) is 1. The summed E-state index contributed by atoms with van der Waals surface area (Å²) in [4.78, 5) is 99.5. The van der Waals surface area contributed by atoms with E-state index in [0.29, 0.717) is 0 Å². The zero-order valence-electron chi connectivity index (χ0n) is 44.4. The number of esters is 7. The number of halogens is 3. The van der Waals surface area contributed by atoms with Gasteiger partial charge in [0.25, 0.3) is 3.79 Å². The van der Waals surface area contributed by atoms with Gasteiger partial charge in [0.1, 0.15) is 18.8 Å². The Morgan fingerprint density at radius 2 is 0.576 bits per heavy atom. The van der Waals surface area contributed by atoms with Crippen molar-refractivity contribution < 1.29 is 85.7 Å². The van der Waals surface area contributed by atoms with Crippen molar-refractivity contribution in [1.82, 2.24) is 0 Å². The number of benzene rings is 7. The lowest BCUT2D eigenvalue weighted by Crippen LogP contribution is -2.65. The minimum Gasteiger partial charge on any atom is -0.459 e. The predicted octanol–water partition coefficient (Wildman–Crippen LogP) is 10.0. The molecular weight excluding hydrogens is 1170 g/mol. The first-order chi connectivity index (χ1) is 41.1. The van der Waals surface area contributed by atoms with Crippen molar-refractivity contribution in [2.45, 2.75) is 65.2 Å². The maximum absolute atomic E-state index is 14.4. The van der Waals surface area contributed by atoms with Crippen LogP contribution in [0, 0.1) is 5.41 Å². The number of rotatable bonds is 19. The molecule has 19 nitrogen and oxygen atoms in total. The van der Waals surface area contributed by atoms with Crippen molar-refractivity contribution in [2.24, 2.45) is 0 Å². The first-order valence-corrected chi connectivity index (χ1v) is 27.3. The third-order valence-corrected chi connectivity index (χ3v) is 13.5. The molecule has 0 saturated carbocycles. The molecule has 0 amide bonds. The molecular formula is C63H50Cl3NO18. The van der Waals surface area contributed by atoms with Crippen LogP contribution in [0.2, 0.25) is 0 Å². The molecule has 2 aliphatic heterocycles. The quantitative estimate of drug-likeness (QED) is 0.0260. The van der Waals surface area contributed by atoms with E-state index >= 15 is 0 Å². The van der Waals surface area contributed by atoms with Crippen LogP contribution in [0.25, 0.3) is 0 Å². The van der Waals surface area contributed by atoms with Crippen LogP contribution in [-0.2, 0) is 52.1 Å². The first-order valence-electron chi connectivity index (χ1n) is 26.1. The minimum absolute atomic E-state index is 0.00328. The van der Waals surface area contributed by atoms with Gasteiger partial charge in [0.2, 0.25) is 18.3 Å². The average molecular weight is 1220 g/mol. The molecule has 2 fully saturated rings. The second-order valence-electron chi connectivity index (χ2n) is 18.7. The number of carbonyl (C=O) groups is 7. The van der Waals surface area contributed by atoms with Gasteiger partial charge in [0.15, 0.2) is 36.8 Å². The number of ether oxygens (including phenoxy) is 11. The van der Waals surface area contributed by atoms with Gasteiger partial charge in [-0.05, 0) is 84.9 Å². The van der Waals surface area contributed by atoms with Crippen LogP contribution in [0.1, 0.15) is 72.5 Å². The van der Waals surface area contributed by atoms with Crippen molar-refractivity contribution in [3.63, 3.8) is 0 Å². The summed E-state index contributed by atoms with van der Waals surface area (Å²) in [6, 6.07) is 53.5. The first kappa shape index (κ1) is 60.6. The summed E-state index contributed by atoms with van der Waals surface area (Å²) in [7, 11) is 0. The summed E-state index contributed by atoms with van der Waals surface area (Å²) < 4.78 is 65.8. The van der Waals surface area contributed by atoms with Crippen molar-refractivity contribution in [3.8, 4) is 0 Å². The van der Waals surface area contributed by atoms with E-state index in [1.54, 1.807) is 127 Å². The van der Waals surface area contributed by atoms with Crippen molar-refractivity contribution in [1.29, 1.82) is 5.41 Å². The van der Waals surface area contributed by atoms with Crippen molar-refractivity contribution in [2.75, 3.05) is 13.2 Å². The van der Waals surface area contributed by atoms with E-state index in [-0.39, 0.29) is 38.9 Å². The van der Waals surface area contributed by atoms with E-state index < -0.39 is 126 Å². The van der Waals surface area contributed by atoms with Gasteiger partial charge in [0.05, 0.1) is 45.6 Å². The molecule has 9 rings (SSSR count). The standard InChI is InChI=1S/C63H50Cl3NO18/c64-63(65,66)62(67)85-61-52(84-59(74)44-34-20-7-21-35-44)50(82-57(72)42-30-16-5-17-31-42)48(80-55(70)40-26-12-3-13-27-40)46(78-61)37-76-60-51(83-58(73)43-32-18-6-19-33-43)49(81-56(71)41-28-14-4-15-29-41)47(79-54(69)39-24-10-2-11-25-39)45(77-60)36-75-53(68)38-22-8-1-9-23-38/h1-35,45-52,60-61,67H,36-37H2/t45-,46-,47-,48-,49+,50+,51-,52-,60-,61?/m1/s1. The smallest absolute Gasteiger partial charge is 0.338 e. The Bertz CT molecular complexity index is 3420. The molecule has 1 N–H and O–H groups in total. The van der Waals surface area contributed by atoms with Crippen LogP contribution in [0.4, 0.5) is 0 Å². The molecule has 436 valence electrons. The van der Waals surface area contributed by atoms with Crippen molar-refractivity contribution >= 4 is 82.5 Å². The molecule has 0 aliphatic carbocycles. The Balaban J connectivity index is 1.17. The Kier molecular flexibility index (Phi) is 20.4. The lowest BCUT2D eigenvalue weighted by molar-refractivity contribution is -0.321. The maximum atomic E-state index is 14.4. The fourth-order valence-electron chi connectivity index (χ4n) is 8.84. The number of nitrogens with one attached hydrogen (secondary N) is 1. The third kappa shape index (κ3) is 15.8. The lowest BCUT2D eigenvalue weighted by atomic mass is 9.96. The summed E-state index contributed by atoms with van der Waals surface area (Å²) in [5.41, 5.74) is 0.0944. The highest BCUT2D eigenvalue weighted by atomic mass is 35.6. The van der Waals surface area contributed by atoms with E-state index in [2.05, 4.69) is 0 Å². The molecule has 0 aromatic heterocycles. The largest absolute Gasteiger partial charge is 0.459 e. The Labute approximate surface area is 500 Å². The highest BCUT2D eigenvalue weighted by molar-refractivity contribution is 6.76. The zero-order valence-corrected chi connectivity index (χ0v) is 46.6. The Morgan fingerprint density at radius 3 is 0.882 bits per heavy atom. The third-order valence-electron chi connectivity index (χ3n) is 13.0. The Hall–Kier alpha value is -8.95. The van der Waals surface area contributed by atoms with Gasteiger partial charge in [-0.3, -0.25) is 5.41 Å². The summed E-state index contributed by atoms with van der Waals surface area (Å²) in [6.07, 6.45) is -19.0. The second-order valence-corrected chi connectivity index (χ2v) is 21.0. The molecule has 10 atom stereocenters. The van der Waals surface area contributed by atoms with Gasteiger partial charge < -0.3 is 52.1 Å². The van der Waals surface area contributed by atoms with Gasteiger partial charge in [-0.2, -0.15) is 0 Å². The summed E-state index contributed by atoms with van der Waals surface area (Å²) in [5, 5.41) is 8.69. The number of alkyl halides is 3. The normalized spacial score (nSPS) is 21.8. The molecule has 2 aliphatic rings. The molecule has 7 aromatic rings. The number of carbonyl (C=O) groups excluding carboxylic acids is 7. The van der Waals surface area contributed by atoms with E-state index in [4.69, 9.17) is 92.3 Å². The highest BCUT2D eigenvalue weighted by Gasteiger charge is 2.57. The van der Waals surface area contributed by atoms with Gasteiger partial charge >= 0.3 is 41.8 Å². The lowest BCUT2D eigenvalue weighted by Gasteiger charge is -2.46. The highest BCUT2D eigenvalue weighted by Crippen LogP contribution is 2.37. The minimum atomic E-state index is -2.59. The fraction of sp³-hybridized carbons (Fsp3) is 0.206. The molecule has 7 aromatic carbocycles. The molecule has 2 saturated heterocycles. The van der Waals surface area contributed by atoms with Crippen LogP contribution >= 0.6 is 34.8 Å². The molecule has 1 unspecified atom stereocenters. The van der Waals surface area contributed by atoms with E-state index in [0.717, 1.165) is 0 Å². The Morgan fingerprint density at radius 1 is 0.329 bits per heavy atom. The van der Waals surface area contributed by atoms with Gasteiger partial charge in [-0.1, -0.05) is 162 Å². The van der Waals surface area contributed by atoms with E-state index in [1.165, 1.54) is 84.9 Å². The zero-order chi connectivity index (χ0) is 59.9. The predicted molar refractivity (Wildman–Crippen MR) is 303 cm³/mol. The summed E-state index contributed by atoms with van der Waals surface area (Å²) in [6.45, 7) is -1.64. The van der Waals surface area contributed by atoms with Gasteiger partial charge in [-0.25, -0.2) is 33.6 Å². The molecule has 0 spiro atoms. The van der Waals surface area contributed by atoms with Crippen molar-refractivity contribution in [3.05, 3.63) is 251 Å². The number of hydrogen-bond acceptors (Lipinski definition) is 19. The maximum Gasteiger partial charge on any atom is 0.338 e. The molecule has 0 bridgehead atoms. The van der Waals surface area contributed by atoms with Crippen LogP contribution in [0.5, 0.6) is 0 Å². The van der Waals surface area contributed by atoms with Crippen LogP contribution < -0.4 is 0 Å². The van der Waals surface area contributed by atoms with Crippen LogP contribution in [-0.4, -0.2) is 126 Å².